The molecule has 0 saturated carbocycles. The maximum Gasteiger partial charge on any atom is 0.254 e. The highest BCUT2D eigenvalue weighted by Crippen LogP contribution is 2.18. The molecule has 5 heteroatoms. The minimum Gasteiger partial charge on any atom is -0.472 e. The number of nitrogens with zero attached hydrogens (tertiary/aromatic N) is 1. The van der Waals surface area contributed by atoms with Gasteiger partial charge in [-0.3, -0.25) is 4.79 Å². The molecule has 22 heavy (non-hydrogen) atoms. The summed E-state index contributed by atoms with van der Waals surface area (Å²) in [7, 11) is 0. The molecule has 0 N–H and O–H groups in total. The van der Waals surface area contributed by atoms with E-state index in [-0.39, 0.29) is 5.91 Å². The number of hydrogen-bond acceptors (Lipinski definition) is 3. The van der Waals surface area contributed by atoms with E-state index in [4.69, 9.17) is 16.0 Å². The van der Waals surface area contributed by atoms with Crippen molar-refractivity contribution in [2.75, 3.05) is 0 Å². The molecule has 3 nitrogen and oxygen atoms in total. The fourth-order valence-electron chi connectivity index (χ4n) is 2.17. The largest absolute Gasteiger partial charge is 0.472 e. The first kappa shape index (κ1) is 14.9. The van der Waals surface area contributed by atoms with E-state index in [2.05, 4.69) is 0 Å². The van der Waals surface area contributed by atoms with Gasteiger partial charge in [-0.25, -0.2) is 0 Å². The predicted molar refractivity (Wildman–Crippen MR) is 88.1 cm³/mol. The molecule has 2 heterocycles. The number of furan rings is 1. The molecule has 112 valence electrons. The number of benzene rings is 1. The lowest BCUT2D eigenvalue weighted by atomic mass is 10.2. The van der Waals surface area contributed by atoms with Crippen LogP contribution >= 0.6 is 22.9 Å². The van der Waals surface area contributed by atoms with Gasteiger partial charge in [0.2, 0.25) is 0 Å². The summed E-state index contributed by atoms with van der Waals surface area (Å²) in [5.41, 5.74) is 1.60. The molecule has 0 aliphatic rings. The zero-order valence-corrected chi connectivity index (χ0v) is 13.3. The molecule has 0 saturated heterocycles. The van der Waals surface area contributed by atoms with E-state index >= 15 is 0 Å². The Hall–Kier alpha value is -2.04. The lowest BCUT2D eigenvalue weighted by Crippen LogP contribution is -2.29. The Morgan fingerprint density at radius 2 is 1.95 bits per heavy atom. The van der Waals surface area contributed by atoms with E-state index in [9.17, 15) is 4.79 Å². The minimum atomic E-state index is -0.0220. The third-order valence-corrected chi connectivity index (χ3v) is 4.37. The zero-order valence-electron chi connectivity index (χ0n) is 11.7. The van der Waals surface area contributed by atoms with E-state index in [0.29, 0.717) is 23.7 Å². The van der Waals surface area contributed by atoms with Gasteiger partial charge in [-0.1, -0.05) is 17.7 Å². The molecule has 0 unspecified atom stereocenters. The van der Waals surface area contributed by atoms with E-state index in [0.717, 1.165) is 10.4 Å². The van der Waals surface area contributed by atoms with Crippen molar-refractivity contribution in [2.24, 2.45) is 0 Å². The summed E-state index contributed by atoms with van der Waals surface area (Å²) < 4.78 is 5.10. The van der Waals surface area contributed by atoms with Crippen LogP contribution in [0.3, 0.4) is 0 Å². The van der Waals surface area contributed by atoms with Gasteiger partial charge < -0.3 is 9.32 Å². The van der Waals surface area contributed by atoms with Gasteiger partial charge in [-0.2, -0.15) is 0 Å². The fraction of sp³-hybridized carbons (Fsp3) is 0.118. The van der Waals surface area contributed by atoms with Gasteiger partial charge in [-0.05, 0) is 41.8 Å². The van der Waals surface area contributed by atoms with Gasteiger partial charge in [0, 0.05) is 27.6 Å². The molecule has 0 fully saturated rings. The summed E-state index contributed by atoms with van der Waals surface area (Å²) in [6, 6.07) is 12.9. The lowest BCUT2D eigenvalue weighted by molar-refractivity contribution is 0.0731. The predicted octanol–water partition coefficient (Wildman–Crippen LogP) is 4.84. The smallest absolute Gasteiger partial charge is 0.254 e. The van der Waals surface area contributed by atoms with Gasteiger partial charge in [-0.15, -0.1) is 11.3 Å². The maximum absolute atomic E-state index is 12.8. The number of halogens is 1. The second-order valence-electron chi connectivity index (χ2n) is 4.88. The first-order chi connectivity index (χ1) is 10.7. The number of amides is 1. The zero-order chi connectivity index (χ0) is 15.4. The van der Waals surface area contributed by atoms with Gasteiger partial charge in [0.1, 0.15) is 0 Å². The van der Waals surface area contributed by atoms with Gasteiger partial charge in [0.25, 0.3) is 5.91 Å². The van der Waals surface area contributed by atoms with Crippen LogP contribution in [0.4, 0.5) is 0 Å². The highest BCUT2D eigenvalue weighted by Gasteiger charge is 2.17. The highest BCUT2D eigenvalue weighted by atomic mass is 35.5. The summed E-state index contributed by atoms with van der Waals surface area (Å²) in [6.45, 7) is 1.08. The molecular formula is C17H14ClNO2S. The maximum atomic E-state index is 12.8. The fourth-order valence-corrected chi connectivity index (χ4v) is 3.01. The van der Waals surface area contributed by atoms with E-state index < -0.39 is 0 Å². The normalized spacial score (nSPS) is 10.6. The summed E-state index contributed by atoms with van der Waals surface area (Å²) in [5.74, 6) is -0.0220. The summed E-state index contributed by atoms with van der Waals surface area (Å²) in [4.78, 5) is 15.7. The van der Waals surface area contributed by atoms with Crippen LogP contribution in [0.5, 0.6) is 0 Å². The molecule has 0 aliphatic heterocycles. The Labute approximate surface area is 137 Å². The summed E-state index contributed by atoms with van der Waals surface area (Å²) in [5, 5.41) is 2.63. The van der Waals surface area contributed by atoms with Crippen molar-refractivity contribution in [2.45, 2.75) is 13.1 Å². The van der Waals surface area contributed by atoms with Crippen LogP contribution in [-0.2, 0) is 13.1 Å². The monoisotopic (exact) mass is 331 g/mol. The van der Waals surface area contributed by atoms with Gasteiger partial charge in [0.15, 0.2) is 0 Å². The molecule has 0 spiro atoms. The van der Waals surface area contributed by atoms with Gasteiger partial charge in [0.05, 0.1) is 19.1 Å². The average molecular weight is 332 g/mol. The number of hydrogen-bond donors (Lipinski definition) is 0. The van der Waals surface area contributed by atoms with Crippen molar-refractivity contribution < 1.29 is 9.21 Å². The molecule has 3 aromatic rings. The number of carbonyl (C=O) groups is 1. The Morgan fingerprint density at radius 3 is 2.59 bits per heavy atom. The Bertz CT molecular complexity index is 684. The van der Waals surface area contributed by atoms with Crippen LogP contribution in [0.1, 0.15) is 20.8 Å². The van der Waals surface area contributed by atoms with Crippen LogP contribution < -0.4 is 0 Å². The third kappa shape index (κ3) is 3.59. The van der Waals surface area contributed by atoms with Crippen molar-refractivity contribution in [3.8, 4) is 0 Å². The van der Waals surface area contributed by atoms with Crippen molar-refractivity contribution in [1.82, 2.24) is 4.90 Å². The molecular weight excluding hydrogens is 318 g/mol. The van der Waals surface area contributed by atoms with Crippen molar-refractivity contribution in [3.05, 3.63) is 81.4 Å². The molecule has 1 aromatic carbocycles. The second kappa shape index (κ2) is 6.81. The minimum absolute atomic E-state index is 0.0220. The standard InChI is InChI=1S/C17H14ClNO2S/c18-15-5-3-14(4-6-15)17(20)19(10-13-7-8-21-12-13)11-16-2-1-9-22-16/h1-9,12H,10-11H2. The topological polar surface area (TPSA) is 33.5 Å². The summed E-state index contributed by atoms with van der Waals surface area (Å²) in [6.07, 6.45) is 3.28. The van der Waals surface area contributed by atoms with Gasteiger partial charge >= 0.3 is 0 Å². The van der Waals surface area contributed by atoms with Crippen LogP contribution in [0.15, 0.2) is 64.8 Å². The van der Waals surface area contributed by atoms with E-state index in [1.165, 1.54) is 0 Å². The third-order valence-electron chi connectivity index (χ3n) is 3.26. The van der Waals surface area contributed by atoms with Crippen molar-refractivity contribution in [1.29, 1.82) is 0 Å². The van der Waals surface area contributed by atoms with Crippen LogP contribution in [-0.4, -0.2) is 10.8 Å². The Morgan fingerprint density at radius 1 is 1.14 bits per heavy atom. The van der Waals surface area contributed by atoms with E-state index in [1.54, 1.807) is 53.0 Å². The van der Waals surface area contributed by atoms with Crippen LogP contribution in [0, 0.1) is 0 Å². The van der Waals surface area contributed by atoms with Crippen LogP contribution in [0.2, 0.25) is 5.02 Å². The lowest BCUT2D eigenvalue weighted by Gasteiger charge is -2.21. The molecule has 1 amide bonds. The van der Waals surface area contributed by atoms with Crippen molar-refractivity contribution >= 4 is 28.8 Å². The number of thiophene rings is 1. The first-order valence-corrected chi connectivity index (χ1v) is 8.06. The molecule has 0 radical (unpaired) electrons. The van der Waals surface area contributed by atoms with Crippen LogP contribution in [0.25, 0.3) is 0 Å². The molecule has 0 aliphatic carbocycles. The molecule has 2 aromatic heterocycles. The quantitative estimate of drug-likeness (QED) is 0.670. The summed E-state index contributed by atoms with van der Waals surface area (Å²) >= 11 is 7.53. The Balaban J connectivity index is 1.83. The molecule has 0 bridgehead atoms. The van der Waals surface area contributed by atoms with Crippen molar-refractivity contribution in [3.63, 3.8) is 0 Å². The Kier molecular flexibility index (Phi) is 4.61. The second-order valence-corrected chi connectivity index (χ2v) is 6.35. The first-order valence-electron chi connectivity index (χ1n) is 6.80. The SMILES string of the molecule is O=C(c1ccc(Cl)cc1)N(Cc1ccoc1)Cc1cccs1. The number of carbonyl (C=O) groups excluding carboxylic acids is 1. The number of rotatable bonds is 5. The average Bonchev–Trinajstić information content (AvgIpc) is 3.20. The molecule has 0 atom stereocenters. The molecule has 3 rings (SSSR count). The highest BCUT2D eigenvalue weighted by molar-refractivity contribution is 7.09. The van der Waals surface area contributed by atoms with E-state index in [1.807, 2.05) is 23.6 Å².